The first-order valence-electron chi connectivity index (χ1n) is 6.85. The van der Waals surface area contributed by atoms with Crippen molar-refractivity contribution in [1.82, 2.24) is 9.88 Å². The molecular weight excluding hydrogens is 275 g/mol. The van der Waals surface area contributed by atoms with E-state index in [1.54, 1.807) is 12.3 Å². The van der Waals surface area contributed by atoms with Crippen molar-refractivity contribution in [2.75, 3.05) is 33.4 Å². The van der Waals surface area contributed by atoms with Gasteiger partial charge in [0.25, 0.3) is 0 Å². The number of aromatic amines is 1. The van der Waals surface area contributed by atoms with Crippen molar-refractivity contribution in [3.05, 3.63) is 35.8 Å². The van der Waals surface area contributed by atoms with Crippen LogP contribution in [0.5, 0.6) is 0 Å². The van der Waals surface area contributed by atoms with Crippen LogP contribution in [-0.4, -0.2) is 55.3 Å². The summed E-state index contributed by atoms with van der Waals surface area (Å²) in [7, 11) is 1.83. The molecule has 21 heavy (non-hydrogen) atoms. The van der Waals surface area contributed by atoms with Crippen molar-refractivity contribution in [3.63, 3.8) is 0 Å². The minimum atomic E-state index is -0.350. The minimum absolute atomic E-state index is 0.0626. The molecule has 0 amide bonds. The molecule has 0 saturated carbocycles. The molecular formula is C15H17FN2O3. The maximum atomic E-state index is 13.3. The lowest BCUT2D eigenvalue weighted by Crippen LogP contribution is -2.33. The highest BCUT2D eigenvalue weighted by molar-refractivity contribution is 6.08. The van der Waals surface area contributed by atoms with Gasteiger partial charge >= 0.3 is 0 Å². The third-order valence-corrected chi connectivity index (χ3v) is 3.51. The maximum Gasteiger partial charge on any atom is 0.178 e. The highest BCUT2D eigenvalue weighted by Crippen LogP contribution is 2.20. The number of benzene rings is 1. The van der Waals surface area contributed by atoms with Gasteiger partial charge in [0.05, 0.1) is 19.8 Å². The van der Waals surface area contributed by atoms with Crippen molar-refractivity contribution in [2.24, 2.45) is 0 Å². The predicted octanol–water partition coefficient (Wildman–Crippen LogP) is 1.79. The van der Waals surface area contributed by atoms with E-state index in [4.69, 9.17) is 9.47 Å². The molecule has 0 atom stereocenters. The number of ether oxygens (including phenoxy) is 2. The summed E-state index contributed by atoms with van der Waals surface area (Å²) in [5.41, 5.74) is 1.26. The fourth-order valence-corrected chi connectivity index (χ4v) is 2.49. The number of likely N-dealkylation sites (N-methyl/N-ethyl adjacent to an activating group) is 1. The van der Waals surface area contributed by atoms with Gasteiger partial charge in [-0.2, -0.15) is 0 Å². The molecule has 0 radical (unpaired) electrons. The molecule has 5 nitrogen and oxygen atoms in total. The summed E-state index contributed by atoms with van der Waals surface area (Å²) in [6, 6.07) is 4.38. The van der Waals surface area contributed by atoms with Gasteiger partial charge in [0.1, 0.15) is 5.82 Å². The Hall–Kier alpha value is -1.76. The first-order valence-corrected chi connectivity index (χ1v) is 6.85. The Morgan fingerprint density at radius 2 is 2.19 bits per heavy atom. The van der Waals surface area contributed by atoms with Crippen molar-refractivity contribution in [2.45, 2.75) is 6.29 Å². The fraction of sp³-hybridized carbons (Fsp3) is 0.400. The van der Waals surface area contributed by atoms with Crippen LogP contribution in [0.15, 0.2) is 24.4 Å². The van der Waals surface area contributed by atoms with E-state index in [9.17, 15) is 9.18 Å². The zero-order valence-electron chi connectivity index (χ0n) is 11.8. The smallest absolute Gasteiger partial charge is 0.178 e. The Labute approximate surface area is 121 Å². The van der Waals surface area contributed by atoms with E-state index in [0.29, 0.717) is 30.7 Å². The molecule has 2 heterocycles. The Morgan fingerprint density at radius 3 is 2.95 bits per heavy atom. The number of nitrogens with one attached hydrogen (secondary N) is 1. The number of ketones is 1. The summed E-state index contributed by atoms with van der Waals surface area (Å²) in [6.07, 6.45) is 1.35. The highest BCUT2D eigenvalue weighted by Gasteiger charge is 2.20. The van der Waals surface area contributed by atoms with E-state index < -0.39 is 0 Å². The summed E-state index contributed by atoms with van der Waals surface area (Å²) >= 11 is 0. The van der Waals surface area contributed by atoms with Gasteiger partial charge in [0, 0.05) is 29.2 Å². The van der Waals surface area contributed by atoms with Gasteiger partial charge in [-0.25, -0.2) is 4.39 Å². The average Bonchev–Trinajstić information content (AvgIpc) is 3.07. The molecule has 2 aromatic rings. The van der Waals surface area contributed by atoms with Crippen LogP contribution in [-0.2, 0) is 9.47 Å². The van der Waals surface area contributed by atoms with Crippen molar-refractivity contribution in [3.8, 4) is 0 Å². The molecule has 1 aromatic carbocycles. The summed E-state index contributed by atoms with van der Waals surface area (Å²) in [5.74, 6) is -0.412. The Balaban J connectivity index is 1.70. The van der Waals surface area contributed by atoms with Crippen LogP contribution in [0.3, 0.4) is 0 Å². The van der Waals surface area contributed by atoms with Crippen LogP contribution < -0.4 is 0 Å². The second-order valence-electron chi connectivity index (χ2n) is 5.18. The molecule has 0 aliphatic carbocycles. The normalized spacial score (nSPS) is 16.1. The number of carbonyl (C=O) groups excluding carboxylic acids is 1. The minimum Gasteiger partial charge on any atom is -0.360 e. The Kier molecular flexibility index (Phi) is 4.01. The zero-order chi connectivity index (χ0) is 14.8. The largest absolute Gasteiger partial charge is 0.360 e. The maximum absolute atomic E-state index is 13.3. The molecule has 0 spiro atoms. The van der Waals surface area contributed by atoms with Gasteiger partial charge in [-0.05, 0) is 25.2 Å². The number of fused-ring (bicyclic) bond motifs is 1. The first-order chi connectivity index (χ1) is 10.1. The van der Waals surface area contributed by atoms with Crippen LogP contribution in [0.2, 0.25) is 0 Å². The Bertz CT molecular complexity index is 649. The van der Waals surface area contributed by atoms with Crippen molar-refractivity contribution in [1.29, 1.82) is 0 Å². The molecule has 1 fully saturated rings. The highest BCUT2D eigenvalue weighted by atomic mass is 19.1. The summed E-state index contributed by atoms with van der Waals surface area (Å²) < 4.78 is 24.0. The number of hydrogen-bond acceptors (Lipinski definition) is 4. The second-order valence-corrected chi connectivity index (χ2v) is 5.18. The topological polar surface area (TPSA) is 54.6 Å². The molecule has 1 aliphatic heterocycles. The lowest BCUT2D eigenvalue weighted by atomic mass is 10.1. The fourth-order valence-electron chi connectivity index (χ4n) is 2.49. The number of aromatic nitrogens is 1. The van der Waals surface area contributed by atoms with Gasteiger partial charge < -0.3 is 14.5 Å². The zero-order valence-corrected chi connectivity index (χ0v) is 11.8. The van der Waals surface area contributed by atoms with Crippen molar-refractivity contribution < 1.29 is 18.7 Å². The van der Waals surface area contributed by atoms with E-state index in [1.165, 1.54) is 12.1 Å². The van der Waals surface area contributed by atoms with Gasteiger partial charge in [0.15, 0.2) is 12.1 Å². The van der Waals surface area contributed by atoms with Gasteiger partial charge in [0.2, 0.25) is 0 Å². The van der Waals surface area contributed by atoms with Crippen LogP contribution in [0.25, 0.3) is 10.9 Å². The number of nitrogens with zero attached hydrogens (tertiary/aromatic N) is 1. The number of H-pyrrole nitrogens is 1. The SMILES string of the molecule is CN(CC(=O)c1c[nH]c2ccc(F)cc12)CC1OCCO1. The third kappa shape index (κ3) is 3.12. The van der Waals surface area contributed by atoms with Gasteiger partial charge in [-0.15, -0.1) is 0 Å². The molecule has 112 valence electrons. The third-order valence-electron chi connectivity index (χ3n) is 3.51. The number of carbonyl (C=O) groups is 1. The average molecular weight is 292 g/mol. The van der Waals surface area contributed by atoms with Gasteiger partial charge in [-0.1, -0.05) is 0 Å². The second kappa shape index (κ2) is 5.93. The van der Waals surface area contributed by atoms with E-state index in [2.05, 4.69) is 4.98 Å². The van der Waals surface area contributed by atoms with Crippen LogP contribution in [0.4, 0.5) is 4.39 Å². The summed E-state index contributed by atoms with van der Waals surface area (Å²) in [4.78, 5) is 17.2. The summed E-state index contributed by atoms with van der Waals surface area (Å²) in [6.45, 7) is 1.94. The lowest BCUT2D eigenvalue weighted by Gasteiger charge is -2.18. The number of halogens is 1. The quantitative estimate of drug-likeness (QED) is 0.854. The molecule has 1 aliphatic rings. The van der Waals surface area contributed by atoms with E-state index >= 15 is 0 Å². The molecule has 3 rings (SSSR count). The molecule has 0 bridgehead atoms. The van der Waals surface area contributed by atoms with E-state index in [-0.39, 0.29) is 24.4 Å². The number of hydrogen-bond donors (Lipinski definition) is 1. The molecule has 6 heteroatoms. The molecule has 1 aromatic heterocycles. The van der Waals surface area contributed by atoms with E-state index in [0.717, 1.165) is 5.52 Å². The first kappa shape index (κ1) is 14.2. The molecule has 1 saturated heterocycles. The monoisotopic (exact) mass is 292 g/mol. The van der Waals surface area contributed by atoms with Crippen LogP contribution >= 0.6 is 0 Å². The van der Waals surface area contributed by atoms with Gasteiger partial charge in [-0.3, -0.25) is 9.69 Å². The molecule has 0 unspecified atom stereocenters. The van der Waals surface area contributed by atoms with Crippen LogP contribution in [0.1, 0.15) is 10.4 Å². The summed E-state index contributed by atoms with van der Waals surface area (Å²) in [5, 5.41) is 0.613. The lowest BCUT2D eigenvalue weighted by molar-refractivity contribution is -0.0569. The Morgan fingerprint density at radius 1 is 1.43 bits per heavy atom. The molecule has 1 N–H and O–H groups in total. The van der Waals surface area contributed by atoms with Crippen LogP contribution in [0, 0.1) is 5.82 Å². The number of Topliss-reactive ketones (excluding diaryl/α,β-unsaturated/α-hetero) is 1. The van der Waals surface area contributed by atoms with E-state index in [1.807, 2.05) is 11.9 Å². The standard InChI is InChI=1S/C15H17FN2O3/c1-18(9-15-20-4-5-21-15)8-14(19)12-7-17-13-3-2-10(16)6-11(12)13/h2-3,6-7,15,17H,4-5,8-9H2,1H3. The number of rotatable bonds is 5. The predicted molar refractivity (Wildman–Crippen MR) is 75.8 cm³/mol. The van der Waals surface area contributed by atoms with Crippen molar-refractivity contribution >= 4 is 16.7 Å².